The van der Waals surface area contributed by atoms with Crippen molar-refractivity contribution in [3.63, 3.8) is 0 Å². The molecule has 0 aliphatic heterocycles. The lowest BCUT2D eigenvalue weighted by Crippen LogP contribution is -2.27. The summed E-state index contributed by atoms with van der Waals surface area (Å²) in [5.74, 6) is 1.57. The summed E-state index contributed by atoms with van der Waals surface area (Å²) in [7, 11) is 0. The van der Waals surface area contributed by atoms with Gasteiger partial charge in [-0.3, -0.25) is 9.36 Å². The second-order valence-electron chi connectivity index (χ2n) is 7.36. The Morgan fingerprint density at radius 1 is 1.13 bits per heavy atom. The lowest BCUT2D eigenvalue weighted by Gasteiger charge is -2.10. The van der Waals surface area contributed by atoms with Crippen molar-refractivity contribution in [2.75, 3.05) is 12.3 Å². The SMILES string of the molecule is C=CCn1c(SCC(=O)NCCc2ccccc2)nnc1-c1ccc(C(C)C)cc1. The van der Waals surface area contributed by atoms with E-state index < -0.39 is 0 Å². The van der Waals surface area contributed by atoms with E-state index in [1.807, 2.05) is 28.8 Å². The van der Waals surface area contributed by atoms with E-state index in [1.54, 1.807) is 0 Å². The zero-order valence-corrected chi connectivity index (χ0v) is 18.4. The fraction of sp³-hybridized carbons (Fsp3) is 0.292. The molecule has 0 saturated carbocycles. The van der Waals surface area contributed by atoms with Gasteiger partial charge in [-0.1, -0.05) is 86.3 Å². The molecule has 0 radical (unpaired) electrons. The number of aromatic nitrogens is 3. The number of amides is 1. The van der Waals surface area contributed by atoms with Gasteiger partial charge in [-0.25, -0.2) is 0 Å². The molecule has 0 unspecified atom stereocenters. The molecule has 3 aromatic rings. The van der Waals surface area contributed by atoms with Crippen molar-refractivity contribution in [1.82, 2.24) is 20.1 Å². The first-order chi connectivity index (χ1) is 14.6. The van der Waals surface area contributed by atoms with Crippen LogP contribution in [0, 0.1) is 0 Å². The lowest BCUT2D eigenvalue weighted by atomic mass is 10.0. The Bertz CT molecular complexity index is 965. The van der Waals surface area contributed by atoms with Crippen LogP contribution in [0.5, 0.6) is 0 Å². The van der Waals surface area contributed by atoms with Gasteiger partial charge in [0.2, 0.25) is 5.91 Å². The van der Waals surface area contributed by atoms with Crippen LogP contribution < -0.4 is 5.32 Å². The summed E-state index contributed by atoms with van der Waals surface area (Å²) in [4.78, 5) is 12.2. The van der Waals surface area contributed by atoms with Crippen molar-refractivity contribution in [2.24, 2.45) is 0 Å². The minimum absolute atomic E-state index is 0.00748. The van der Waals surface area contributed by atoms with E-state index >= 15 is 0 Å². The third-order valence-electron chi connectivity index (χ3n) is 4.78. The minimum atomic E-state index is -0.00748. The van der Waals surface area contributed by atoms with E-state index in [9.17, 15) is 4.79 Å². The van der Waals surface area contributed by atoms with E-state index in [4.69, 9.17) is 0 Å². The smallest absolute Gasteiger partial charge is 0.230 e. The third kappa shape index (κ3) is 5.83. The van der Waals surface area contributed by atoms with Gasteiger partial charge in [-0.05, 0) is 23.5 Å². The van der Waals surface area contributed by atoms with Crippen LogP contribution in [0.25, 0.3) is 11.4 Å². The van der Waals surface area contributed by atoms with Crippen molar-refractivity contribution >= 4 is 17.7 Å². The molecule has 0 fully saturated rings. The fourth-order valence-corrected chi connectivity index (χ4v) is 3.87. The first-order valence-electron chi connectivity index (χ1n) is 10.2. The Morgan fingerprint density at radius 2 is 1.87 bits per heavy atom. The van der Waals surface area contributed by atoms with Gasteiger partial charge in [0.1, 0.15) is 0 Å². The summed E-state index contributed by atoms with van der Waals surface area (Å²) in [5.41, 5.74) is 3.51. The normalized spacial score (nSPS) is 10.9. The molecular formula is C24H28N4OS. The van der Waals surface area contributed by atoms with Crippen molar-refractivity contribution in [3.05, 3.63) is 78.4 Å². The lowest BCUT2D eigenvalue weighted by molar-refractivity contribution is -0.118. The molecule has 0 saturated heterocycles. The predicted molar refractivity (Wildman–Crippen MR) is 124 cm³/mol. The fourth-order valence-electron chi connectivity index (χ4n) is 3.09. The number of thioether (sulfide) groups is 1. The summed E-state index contributed by atoms with van der Waals surface area (Å²) >= 11 is 1.39. The van der Waals surface area contributed by atoms with Crippen molar-refractivity contribution in [3.8, 4) is 11.4 Å². The summed E-state index contributed by atoms with van der Waals surface area (Å²) < 4.78 is 2.00. The Kier molecular flexibility index (Phi) is 7.85. The zero-order valence-electron chi connectivity index (χ0n) is 17.5. The molecule has 0 spiro atoms. The van der Waals surface area contributed by atoms with E-state index in [0.717, 1.165) is 23.0 Å². The van der Waals surface area contributed by atoms with Gasteiger partial charge >= 0.3 is 0 Å². The van der Waals surface area contributed by atoms with E-state index in [0.29, 0.717) is 24.8 Å². The first-order valence-corrected chi connectivity index (χ1v) is 11.1. The quantitative estimate of drug-likeness (QED) is 0.381. The molecule has 5 nitrogen and oxygen atoms in total. The molecule has 1 aromatic heterocycles. The molecule has 1 heterocycles. The van der Waals surface area contributed by atoms with Gasteiger partial charge in [0.05, 0.1) is 5.75 Å². The van der Waals surface area contributed by atoms with Crippen LogP contribution in [0.4, 0.5) is 0 Å². The number of hydrogen-bond donors (Lipinski definition) is 1. The largest absolute Gasteiger partial charge is 0.355 e. The average molecular weight is 421 g/mol. The summed E-state index contributed by atoms with van der Waals surface area (Å²) in [5, 5.41) is 12.4. The van der Waals surface area contributed by atoms with Crippen LogP contribution in [0.2, 0.25) is 0 Å². The second-order valence-corrected chi connectivity index (χ2v) is 8.30. The van der Waals surface area contributed by atoms with Crippen LogP contribution >= 0.6 is 11.8 Å². The van der Waals surface area contributed by atoms with Crippen LogP contribution in [0.1, 0.15) is 30.9 Å². The van der Waals surface area contributed by atoms with Gasteiger partial charge in [0.15, 0.2) is 11.0 Å². The van der Waals surface area contributed by atoms with Gasteiger partial charge in [-0.2, -0.15) is 0 Å². The number of nitrogens with zero attached hydrogens (tertiary/aromatic N) is 3. The second kappa shape index (κ2) is 10.8. The van der Waals surface area contributed by atoms with E-state index in [1.165, 1.54) is 22.9 Å². The molecule has 0 atom stereocenters. The number of hydrogen-bond acceptors (Lipinski definition) is 4. The number of carbonyl (C=O) groups is 1. The third-order valence-corrected chi connectivity index (χ3v) is 5.74. The number of benzene rings is 2. The maximum absolute atomic E-state index is 12.2. The Hall–Kier alpha value is -2.86. The molecule has 1 amide bonds. The summed E-state index contributed by atoms with van der Waals surface area (Å²) in [6.45, 7) is 9.41. The standard InChI is InChI=1S/C24H28N4OS/c1-4-16-28-23(21-12-10-20(11-13-21)18(2)3)26-27-24(28)30-17-22(29)25-15-14-19-8-6-5-7-9-19/h4-13,18H,1,14-17H2,2-3H3,(H,25,29). The highest BCUT2D eigenvalue weighted by atomic mass is 32.2. The maximum Gasteiger partial charge on any atom is 0.230 e. The highest BCUT2D eigenvalue weighted by Crippen LogP contribution is 2.25. The van der Waals surface area contributed by atoms with Crippen LogP contribution in [-0.2, 0) is 17.8 Å². The molecule has 30 heavy (non-hydrogen) atoms. The number of rotatable bonds is 10. The number of allylic oxidation sites excluding steroid dienone is 1. The first kappa shape index (κ1) is 21.8. The Morgan fingerprint density at radius 3 is 2.53 bits per heavy atom. The molecule has 156 valence electrons. The number of carbonyl (C=O) groups excluding carboxylic acids is 1. The van der Waals surface area contributed by atoms with E-state index in [2.05, 4.69) is 72.3 Å². The van der Waals surface area contributed by atoms with Gasteiger partial charge < -0.3 is 5.32 Å². The van der Waals surface area contributed by atoms with Crippen molar-refractivity contribution in [2.45, 2.75) is 37.9 Å². The molecule has 0 bridgehead atoms. The predicted octanol–water partition coefficient (Wildman–Crippen LogP) is 4.71. The molecular weight excluding hydrogens is 392 g/mol. The topological polar surface area (TPSA) is 59.8 Å². The minimum Gasteiger partial charge on any atom is -0.355 e. The molecule has 0 aliphatic carbocycles. The maximum atomic E-state index is 12.2. The highest BCUT2D eigenvalue weighted by molar-refractivity contribution is 7.99. The van der Waals surface area contributed by atoms with Gasteiger partial charge in [0.25, 0.3) is 0 Å². The molecule has 6 heteroatoms. The van der Waals surface area contributed by atoms with Crippen molar-refractivity contribution < 1.29 is 4.79 Å². The number of nitrogens with one attached hydrogen (secondary N) is 1. The molecule has 1 N–H and O–H groups in total. The van der Waals surface area contributed by atoms with E-state index in [-0.39, 0.29) is 5.91 Å². The Labute approximate surface area is 182 Å². The van der Waals surface area contributed by atoms with Gasteiger partial charge in [-0.15, -0.1) is 16.8 Å². The zero-order chi connectivity index (χ0) is 21.3. The van der Waals surface area contributed by atoms with Crippen LogP contribution in [0.15, 0.2) is 72.4 Å². The summed E-state index contributed by atoms with van der Waals surface area (Å²) in [6, 6.07) is 18.5. The van der Waals surface area contributed by atoms with Crippen molar-refractivity contribution in [1.29, 1.82) is 0 Å². The van der Waals surface area contributed by atoms with Crippen LogP contribution in [-0.4, -0.2) is 33.0 Å². The summed E-state index contributed by atoms with van der Waals surface area (Å²) in [6.07, 6.45) is 2.64. The monoisotopic (exact) mass is 420 g/mol. The Balaban J connectivity index is 1.60. The highest BCUT2D eigenvalue weighted by Gasteiger charge is 2.15. The average Bonchev–Trinajstić information content (AvgIpc) is 3.16. The van der Waals surface area contributed by atoms with Gasteiger partial charge in [0, 0.05) is 18.7 Å². The molecule has 0 aliphatic rings. The molecule has 2 aromatic carbocycles. The van der Waals surface area contributed by atoms with Crippen LogP contribution in [0.3, 0.4) is 0 Å². The molecule has 3 rings (SSSR count).